The Hall–Kier alpha value is -2.68. The van der Waals surface area contributed by atoms with Crippen LogP contribution in [0.4, 0.5) is 11.5 Å². The van der Waals surface area contributed by atoms with Gasteiger partial charge in [0.05, 0.1) is 19.8 Å². The molecule has 0 atom stereocenters. The van der Waals surface area contributed by atoms with E-state index in [0.717, 1.165) is 67.9 Å². The predicted octanol–water partition coefficient (Wildman–Crippen LogP) is 3.42. The minimum Gasteiger partial charge on any atom is -0.462 e. The third-order valence-electron chi connectivity index (χ3n) is 7.60. The third kappa shape index (κ3) is 4.37. The lowest BCUT2D eigenvalue weighted by Crippen LogP contribution is -2.54. The summed E-state index contributed by atoms with van der Waals surface area (Å²) >= 11 is 0. The first kappa shape index (κ1) is 21.8. The fourth-order valence-corrected chi connectivity index (χ4v) is 5.27. The summed E-state index contributed by atoms with van der Waals surface area (Å²) in [5, 5.41) is 3.01. The number of amides is 1. The average molecular weight is 465 g/mol. The van der Waals surface area contributed by atoms with Gasteiger partial charge in [0, 0.05) is 68.1 Å². The molecule has 1 saturated carbocycles. The van der Waals surface area contributed by atoms with Crippen LogP contribution < -0.4 is 15.0 Å². The monoisotopic (exact) mass is 464 g/mol. The smallest absolute Gasteiger partial charge is 0.255 e. The van der Waals surface area contributed by atoms with Crippen molar-refractivity contribution in [3.63, 3.8) is 0 Å². The van der Waals surface area contributed by atoms with E-state index < -0.39 is 5.79 Å². The molecule has 1 spiro atoms. The van der Waals surface area contributed by atoms with E-state index in [1.165, 1.54) is 19.3 Å². The van der Waals surface area contributed by atoms with Crippen molar-refractivity contribution in [2.24, 2.45) is 0 Å². The van der Waals surface area contributed by atoms with Gasteiger partial charge in [-0.15, -0.1) is 0 Å². The number of rotatable bonds is 4. The highest BCUT2D eigenvalue weighted by Crippen LogP contribution is 2.40. The maximum atomic E-state index is 12.9. The van der Waals surface area contributed by atoms with E-state index in [-0.39, 0.29) is 5.91 Å². The molecule has 1 aliphatic carbocycles. The van der Waals surface area contributed by atoms with Gasteiger partial charge in [0.1, 0.15) is 11.6 Å². The van der Waals surface area contributed by atoms with Crippen molar-refractivity contribution in [1.82, 2.24) is 9.88 Å². The van der Waals surface area contributed by atoms with Crippen LogP contribution in [0.1, 0.15) is 48.0 Å². The van der Waals surface area contributed by atoms with Gasteiger partial charge >= 0.3 is 0 Å². The number of aromatic nitrogens is 1. The highest BCUT2D eigenvalue weighted by Gasteiger charge is 2.42. The summed E-state index contributed by atoms with van der Waals surface area (Å²) in [6.07, 6.45) is 7.51. The number of hydrogen-bond acceptors (Lipinski definition) is 7. The quantitative estimate of drug-likeness (QED) is 0.743. The van der Waals surface area contributed by atoms with Gasteiger partial charge in [-0.25, -0.2) is 4.98 Å². The SMILES string of the molecule is O=C(Nc1ccc2c(c1)COC1(CCN(C3CCC3)CC1)O2)c1ccnc(N2CCOCC2)c1. The van der Waals surface area contributed by atoms with Crippen molar-refractivity contribution in [2.75, 3.05) is 49.6 Å². The molecule has 4 heterocycles. The summed E-state index contributed by atoms with van der Waals surface area (Å²) in [5.74, 6) is 0.997. The van der Waals surface area contributed by atoms with Gasteiger partial charge in [0.25, 0.3) is 5.91 Å². The highest BCUT2D eigenvalue weighted by molar-refractivity contribution is 6.04. The second-order valence-electron chi connectivity index (χ2n) is 9.70. The number of nitrogens with zero attached hydrogens (tertiary/aromatic N) is 3. The summed E-state index contributed by atoms with van der Waals surface area (Å²) in [7, 11) is 0. The van der Waals surface area contributed by atoms with E-state index in [9.17, 15) is 4.79 Å². The molecule has 8 nitrogen and oxygen atoms in total. The van der Waals surface area contributed by atoms with Crippen LogP contribution in [0.3, 0.4) is 0 Å². The zero-order valence-corrected chi connectivity index (χ0v) is 19.5. The zero-order valence-electron chi connectivity index (χ0n) is 19.5. The number of fused-ring (bicyclic) bond motifs is 1. The van der Waals surface area contributed by atoms with E-state index in [0.29, 0.717) is 25.4 Å². The minimum atomic E-state index is -0.509. The summed E-state index contributed by atoms with van der Waals surface area (Å²) < 4.78 is 18.0. The maximum absolute atomic E-state index is 12.9. The van der Waals surface area contributed by atoms with Gasteiger partial charge in [-0.05, 0) is 43.2 Å². The number of pyridine rings is 1. The first-order valence-corrected chi connectivity index (χ1v) is 12.5. The Morgan fingerprint density at radius 1 is 1.06 bits per heavy atom. The number of nitrogens with one attached hydrogen (secondary N) is 1. The van der Waals surface area contributed by atoms with Crippen molar-refractivity contribution in [3.05, 3.63) is 47.7 Å². The van der Waals surface area contributed by atoms with E-state index >= 15 is 0 Å². The van der Waals surface area contributed by atoms with Crippen molar-refractivity contribution >= 4 is 17.4 Å². The van der Waals surface area contributed by atoms with Gasteiger partial charge in [-0.3, -0.25) is 9.69 Å². The van der Waals surface area contributed by atoms with Crippen molar-refractivity contribution in [3.8, 4) is 5.75 Å². The molecule has 3 fully saturated rings. The number of carbonyl (C=O) groups is 1. The lowest BCUT2D eigenvalue weighted by atomic mass is 9.89. The summed E-state index contributed by atoms with van der Waals surface area (Å²) in [6, 6.07) is 10.2. The van der Waals surface area contributed by atoms with Gasteiger partial charge in [0.15, 0.2) is 0 Å². The molecule has 34 heavy (non-hydrogen) atoms. The topological polar surface area (TPSA) is 76.2 Å². The van der Waals surface area contributed by atoms with E-state index in [2.05, 4.69) is 20.1 Å². The van der Waals surface area contributed by atoms with Gasteiger partial charge in [-0.2, -0.15) is 0 Å². The van der Waals surface area contributed by atoms with Crippen molar-refractivity contribution < 1.29 is 19.0 Å². The number of benzene rings is 1. The second kappa shape index (κ2) is 9.17. The first-order chi connectivity index (χ1) is 16.7. The van der Waals surface area contributed by atoms with Crippen LogP contribution in [0.2, 0.25) is 0 Å². The molecular formula is C26H32N4O4. The second-order valence-corrected chi connectivity index (χ2v) is 9.70. The van der Waals surface area contributed by atoms with Crippen LogP contribution in [0.25, 0.3) is 0 Å². The summed E-state index contributed by atoms with van der Waals surface area (Å²) in [5.41, 5.74) is 2.28. The van der Waals surface area contributed by atoms with Crippen LogP contribution in [0.15, 0.2) is 36.5 Å². The largest absolute Gasteiger partial charge is 0.462 e. The zero-order chi connectivity index (χ0) is 23.0. The molecule has 1 aromatic carbocycles. The molecule has 6 rings (SSSR count). The third-order valence-corrected chi connectivity index (χ3v) is 7.60. The molecular weight excluding hydrogens is 432 g/mol. The molecule has 180 valence electrons. The number of piperidine rings is 1. The fourth-order valence-electron chi connectivity index (χ4n) is 5.27. The van der Waals surface area contributed by atoms with Crippen molar-refractivity contribution in [1.29, 1.82) is 0 Å². The summed E-state index contributed by atoms with van der Waals surface area (Å²) in [4.78, 5) is 22.1. The average Bonchev–Trinajstić information content (AvgIpc) is 2.85. The van der Waals surface area contributed by atoms with E-state index in [4.69, 9.17) is 14.2 Å². The van der Waals surface area contributed by atoms with Crippen LogP contribution >= 0.6 is 0 Å². The Morgan fingerprint density at radius 3 is 2.65 bits per heavy atom. The Balaban J connectivity index is 1.10. The molecule has 0 bridgehead atoms. The Morgan fingerprint density at radius 2 is 1.88 bits per heavy atom. The molecule has 2 saturated heterocycles. The predicted molar refractivity (Wildman–Crippen MR) is 128 cm³/mol. The Bertz CT molecular complexity index is 1040. The van der Waals surface area contributed by atoms with Crippen molar-refractivity contribution in [2.45, 2.75) is 50.5 Å². The van der Waals surface area contributed by atoms with Crippen LogP contribution in [-0.4, -0.2) is 67.0 Å². The number of ether oxygens (including phenoxy) is 3. The Labute approximate surface area is 200 Å². The molecule has 3 aliphatic heterocycles. The summed E-state index contributed by atoms with van der Waals surface area (Å²) in [6.45, 7) is 5.48. The number of likely N-dealkylation sites (tertiary alicyclic amines) is 1. The fraction of sp³-hybridized carbons (Fsp3) is 0.538. The number of morpholine rings is 1. The molecule has 4 aliphatic rings. The number of anilines is 2. The highest BCUT2D eigenvalue weighted by atomic mass is 16.7. The molecule has 0 unspecified atom stereocenters. The molecule has 2 aromatic rings. The van der Waals surface area contributed by atoms with E-state index in [1.54, 1.807) is 12.3 Å². The van der Waals surface area contributed by atoms with Crippen LogP contribution in [0.5, 0.6) is 5.75 Å². The molecule has 1 N–H and O–H groups in total. The Kier molecular flexibility index (Phi) is 5.89. The first-order valence-electron chi connectivity index (χ1n) is 12.5. The van der Waals surface area contributed by atoms with Gasteiger partial charge in [-0.1, -0.05) is 6.42 Å². The molecule has 1 aromatic heterocycles. The van der Waals surface area contributed by atoms with Gasteiger partial charge in [0.2, 0.25) is 5.79 Å². The van der Waals surface area contributed by atoms with Crippen LogP contribution in [-0.2, 0) is 16.1 Å². The maximum Gasteiger partial charge on any atom is 0.255 e. The van der Waals surface area contributed by atoms with E-state index in [1.807, 2.05) is 24.3 Å². The normalized spacial score (nSPS) is 22.5. The van der Waals surface area contributed by atoms with Gasteiger partial charge < -0.3 is 24.4 Å². The van der Waals surface area contributed by atoms with Crippen LogP contribution in [0, 0.1) is 0 Å². The minimum absolute atomic E-state index is 0.158. The lowest BCUT2D eigenvalue weighted by molar-refractivity contribution is -0.231. The molecule has 0 radical (unpaired) electrons. The number of hydrogen-bond donors (Lipinski definition) is 1. The standard InChI is InChI=1S/C26H32N4O4/c31-25(19-6-9-27-24(17-19)30-12-14-32-15-13-30)28-21-4-5-23-20(16-21)18-33-26(34-23)7-10-29(11-8-26)22-2-1-3-22/h4-6,9,16-17,22H,1-3,7-8,10-15,18H2,(H,28,31). The number of carbonyl (C=O) groups excluding carboxylic acids is 1. The molecule has 8 heteroatoms. The lowest BCUT2D eigenvalue weighted by Gasteiger charge is -2.47. The molecule has 1 amide bonds.